The fraction of sp³-hybridized carbons (Fsp3) is 0.643. The predicted octanol–water partition coefficient (Wildman–Crippen LogP) is 3.05. The molecule has 98 valence electrons. The first kappa shape index (κ1) is 11.8. The van der Waals surface area contributed by atoms with E-state index in [0.29, 0.717) is 12.5 Å². The van der Waals surface area contributed by atoms with Gasteiger partial charge in [0.1, 0.15) is 11.3 Å². The summed E-state index contributed by atoms with van der Waals surface area (Å²) in [5.41, 5.74) is 9.06. The molecule has 0 unspecified atom stereocenters. The maximum atomic E-state index is 6.03. The van der Waals surface area contributed by atoms with Gasteiger partial charge in [-0.3, -0.25) is 5.10 Å². The fourth-order valence-corrected chi connectivity index (χ4v) is 3.08. The van der Waals surface area contributed by atoms with Crippen LogP contribution >= 0.6 is 0 Å². The summed E-state index contributed by atoms with van der Waals surface area (Å²) in [7, 11) is 0. The van der Waals surface area contributed by atoms with Gasteiger partial charge in [-0.2, -0.15) is 5.10 Å². The Morgan fingerprint density at radius 1 is 1.44 bits per heavy atom. The summed E-state index contributed by atoms with van der Waals surface area (Å²) in [5, 5.41) is 7.55. The molecule has 3 N–H and O–H groups in total. The lowest BCUT2D eigenvalue weighted by molar-refractivity contribution is 0.428. The van der Waals surface area contributed by atoms with Gasteiger partial charge in [0.05, 0.1) is 5.69 Å². The summed E-state index contributed by atoms with van der Waals surface area (Å²) >= 11 is 0. The third-order valence-corrected chi connectivity index (χ3v) is 4.30. The number of hydrogen-bond acceptors (Lipinski definition) is 3. The Labute approximate surface area is 107 Å². The molecule has 0 spiro atoms. The van der Waals surface area contributed by atoms with Gasteiger partial charge in [-0.25, -0.2) is 0 Å². The fourth-order valence-electron chi connectivity index (χ4n) is 3.08. The molecule has 0 atom stereocenters. The molecule has 0 radical (unpaired) electrons. The van der Waals surface area contributed by atoms with E-state index in [1.54, 1.807) is 0 Å². The van der Waals surface area contributed by atoms with E-state index in [-0.39, 0.29) is 5.41 Å². The molecule has 0 aromatic carbocycles. The monoisotopic (exact) mass is 247 g/mol. The number of furan rings is 1. The molecular weight excluding hydrogens is 226 g/mol. The van der Waals surface area contributed by atoms with E-state index >= 15 is 0 Å². The van der Waals surface area contributed by atoms with Crippen LogP contribution in [0.2, 0.25) is 0 Å². The normalized spacial score (nSPS) is 19.1. The molecule has 2 heterocycles. The molecule has 0 aliphatic heterocycles. The lowest BCUT2D eigenvalue weighted by Gasteiger charge is -2.25. The van der Waals surface area contributed by atoms with E-state index in [4.69, 9.17) is 10.2 Å². The molecule has 2 aromatic rings. The molecule has 2 aromatic heterocycles. The van der Waals surface area contributed by atoms with E-state index in [2.05, 4.69) is 24.0 Å². The van der Waals surface area contributed by atoms with Crippen LogP contribution in [0.5, 0.6) is 0 Å². The topological polar surface area (TPSA) is 67.8 Å². The van der Waals surface area contributed by atoms with E-state index < -0.39 is 0 Å². The lowest BCUT2D eigenvalue weighted by Crippen LogP contribution is -2.32. The summed E-state index contributed by atoms with van der Waals surface area (Å²) in [4.78, 5) is 0. The minimum atomic E-state index is 0.0564. The number of aromatic nitrogens is 2. The summed E-state index contributed by atoms with van der Waals surface area (Å²) in [6, 6.07) is 2.04. The molecule has 0 saturated heterocycles. The molecule has 4 nitrogen and oxygen atoms in total. The molecule has 4 heteroatoms. The highest BCUT2D eigenvalue weighted by Crippen LogP contribution is 2.42. The van der Waals surface area contributed by atoms with E-state index in [9.17, 15) is 0 Å². The van der Waals surface area contributed by atoms with Gasteiger partial charge in [-0.05, 0) is 12.8 Å². The third-order valence-electron chi connectivity index (χ3n) is 4.30. The van der Waals surface area contributed by atoms with Crippen molar-refractivity contribution < 1.29 is 4.42 Å². The standard InChI is InChI=1S/C14H21N3O/c1-9(2)11-7-10-12(18-11)13(17-16-10)14(8-15)5-3-4-6-14/h7,9H,3-6,8,15H2,1-2H3,(H,16,17). The SMILES string of the molecule is CC(C)c1cc2n[nH]c(C3(CN)CCCC3)c2o1. The number of nitrogens with zero attached hydrogens (tertiary/aromatic N) is 1. The Morgan fingerprint density at radius 2 is 2.17 bits per heavy atom. The van der Waals surface area contributed by atoms with Gasteiger partial charge in [-0.15, -0.1) is 0 Å². The van der Waals surface area contributed by atoms with Gasteiger partial charge in [0.2, 0.25) is 0 Å². The van der Waals surface area contributed by atoms with Gasteiger partial charge in [-0.1, -0.05) is 26.7 Å². The Bertz CT molecular complexity index is 546. The molecule has 0 bridgehead atoms. The van der Waals surface area contributed by atoms with Crippen LogP contribution < -0.4 is 5.73 Å². The summed E-state index contributed by atoms with van der Waals surface area (Å²) in [6.45, 7) is 4.94. The molecule has 18 heavy (non-hydrogen) atoms. The Balaban J connectivity index is 2.11. The van der Waals surface area contributed by atoms with Crippen molar-refractivity contribution in [2.45, 2.75) is 50.9 Å². The van der Waals surface area contributed by atoms with Crippen molar-refractivity contribution in [3.63, 3.8) is 0 Å². The quantitative estimate of drug-likeness (QED) is 0.876. The molecule has 1 fully saturated rings. The molecule has 1 aliphatic rings. The van der Waals surface area contributed by atoms with Gasteiger partial charge in [0.25, 0.3) is 0 Å². The Hall–Kier alpha value is -1.29. The molecule has 3 rings (SSSR count). The number of fused-ring (bicyclic) bond motifs is 1. The number of H-pyrrole nitrogens is 1. The number of rotatable bonds is 3. The van der Waals surface area contributed by atoms with Crippen LogP contribution in [0.1, 0.15) is 56.9 Å². The van der Waals surface area contributed by atoms with Gasteiger partial charge >= 0.3 is 0 Å². The van der Waals surface area contributed by atoms with Crippen molar-refractivity contribution in [1.29, 1.82) is 0 Å². The molecule has 1 saturated carbocycles. The van der Waals surface area contributed by atoms with Crippen molar-refractivity contribution in [3.05, 3.63) is 17.5 Å². The first-order valence-electron chi connectivity index (χ1n) is 6.85. The highest BCUT2D eigenvalue weighted by molar-refractivity contribution is 5.77. The highest BCUT2D eigenvalue weighted by atomic mass is 16.3. The molecule has 1 aliphatic carbocycles. The maximum absolute atomic E-state index is 6.03. The minimum Gasteiger partial charge on any atom is -0.457 e. The third kappa shape index (κ3) is 1.59. The van der Waals surface area contributed by atoms with Crippen LogP contribution in [-0.2, 0) is 5.41 Å². The van der Waals surface area contributed by atoms with E-state index in [1.807, 2.05) is 6.07 Å². The largest absolute Gasteiger partial charge is 0.457 e. The van der Waals surface area contributed by atoms with Crippen molar-refractivity contribution in [3.8, 4) is 0 Å². The van der Waals surface area contributed by atoms with Gasteiger partial charge < -0.3 is 10.2 Å². The van der Waals surface area contributed by atoms with Crippen LogP contribution in [0.3, 0.4) is 0 Å². The lowest BCUT2D eigenvalue weighted by atomic mass is 9.82. The van der Waals surface area contributed by atoms with Gasteiger partial charge in [0, 0.05) is 23.9 Å². The first-order valence-corrected chi connectivity index (χ1v) is 6.85. The van der Waals surface area contributed by atoms with Crippen LogP contribution in [0, 0.1) is 0 Å². The number of nitrogens with one attached hydrogen (secondary N) is 1. The second kappa shape index (κ2) is 4.12. The van der Waals surface area contributed by atoms with Crippen molar-refractivity contribution in [1.82, 2.24) is 10.2 Å². The van der Waals surface area contributed by atoms with Crippen LogP contribution in [0.15, 0.2) is 10.5 Å². The maximum Gasteiger partial charge on any atom is 0.175 e. The van der Waals surface area contributed by atoms with Crippen LogP contribution in [0.25, 0.3) is 11.1 Å². The van der Waals surface area contributed by atoms with E-state index in [0.717, 1.165) is 35.4 Å². The smallest absolute Gasteiger partial charge is 0.175 e. The number of aromatic amines is 1. The minimum absolute atomic E-state index is 0.0564. The first-order chi connectivity index (χ1) is 8.66. The highest BCUT2D eigenvalue weighted by Gasteiger charge is 2.38. The average molecular weight is 247 g/mol. The second-order valence-electron chi connectivity index (χ2n) is 5.81. The summed E-state index contributed by atoms with van der Waals surface area (Å²) in [5.74, 6) is 1.40. The van der Waals surface area contributed by atoms with Crippen LogP contribution in [-0.4, -0.2) is 16.7 Å². The average Bonchev–Trinajstić information content (AvgIpc) is 3.03. The number of hydrogen-bond donors (Lipinski definition) is 2. The number of nitrogens with two attached hydrogens (primary N) is 1. The van der Waals surface area contributed by atoms with Crippen molar-refractivity contribution in [2.24, 2.45) is 5.73 Å². The summed E-state index contributed by atoms with van der Waals surface area (Å²) in [6.07, 6.45) is 4.77. The summed E-state index contributed by atoms with van der Waals surface area (Å²) < 4.78 is 5.99. The zero-order valence-electron chi connectivity index (χ0n) is 11.1. The second-order valence-corrected chi connectivity index (χ2v) is 5.81. The van der Waals surface area contributed by atoms with Gasteiger partial charge in [0.15, 0.2) is 5.58 Å². The zero-order valence-corrected chi connectivity index (χ0v) is 11.1. The Kier molecular flexibility index (Phi) is 2.70. The van der Waals surface area contributed by atoms with Crippen molar-refractivity contribution in [2.75, 3.05) is 6.54 Å². The van der Waals surface area contributed by atoms with E-state index in [1.165, 1.54) is 12.8 Å². The van der Waals surface area contributed by atoms with Crippen molar-refractivity contribution >= 4 is 11.1 Å². The predicted molar refractivity (Wildman–Crippen MR) is 71.6 cm³/mol. The Morgan fingerprint density at radius 3 is 2.78 bits per heavy atom. The molecular formula is C14H21N3O. The molecule has 0 amide bonds. The van der Waals surface area contributed by atoms with Crippen LogP contribution in [0.4, 0.5) is 0 Å². The zero-order chi connectivity index (χ0) is 12.8.